The number of carbonyl (C=O) groups is 4. The number of allylic oxidation sites excluding steroid dienone is 1. The number of ether oxygens (including phenoxy) is 3. The number of rotatable bonds is 15. The van der Waals surface area contributed by atoms with E-state index in [-0.39, 0.29) is 36.9 Å². The minimum Gasteiger partial charge on any atom is -0.504 e. The number of phenols is 1. The van der Waals surface area contributed by atoms with Gasteiger partial charge in [0.15, 0.2) is 17.3 Å². The van der Waals surface area contributed by atoms with Crippen molar-refractivity contribution in [1.82, 2.24) is 20.9 Å². The number of hydrogen-bond donors (Lipinski definition) is 5. The first-order valence-corrected chi connectivity index (χ1v) is 15.1. The molecule has 1 aromatic rings. The number of nitrogens with one attached hydrogen (secondary N) is 3. The van der Waals surface area contributed by atoms with Crippen LogP contribution >= 0.6 is 0 Å². The molecule has 5 N–H and O–H groups in total. The van der Waals surface area contributed by atoms with E-state index in [2.05, 4.69) is 22.0 Å². The van der Waals surface area contributed by atoms with Crippen LogP contribution in [0.4, 0.5) is 0 Å². The zero-order valence-corrected chi connectivity index (χ0v) is 25.4. The van der Waals surface area contributed by atoms with E-state index < -0.39 is 48.1 Å². The minimum absolute atomic E-state index is 0.0304. The van der Waals surface area contributed by atoms with Gasteiger partial charge in [-0.05, 0) is 56.7 Å². The highest BCUT2D eigenvalue weighted by molar-refractivity contribution is 5.98. The molecular formula is C31H44N4O9. The summed E-state index contributed by atoms with van der Waals surface area (Å²) in [5.41, 5.74) is 0.625. The Bertz CT molecular complexity index is 1230. The molecular weight excluding hydrogens is 572 g/mol. The van der Waals surface area contributed by atoms with Crippen molar-refractivity contribution >= 4 is 23.5 Å². The van der Waals surface area contributed by atoms with Gasteiger partial charge in [-0.25, -0.2) is 0 Å². The van der Waals surface area contributed by atoms with Gasteiger partial charge in [-0.3, -0.25) is 24.1 Å². The SMILES string of the molecule is COc1ccc(C[C@H](NC(=O)[C@H](CO)NC(=O)CN2CCOCC2)C(=O)N[C@@H](CC2=CCCCC2)C(=O)[C@]2(C)CO2)cc1O. The smallest absolute Gasteiger partial charge is 0.245 e. The van der Waals surface area contributed by atoms with Gasteiger partial charge >= 0.3 is 0 Å². The van der Waals surface area contributed by atoms with E-state index in [1.807, 2.05) is 4.90 Å². The fourth-order valence-electron chi connectivity index (χ4n) is 5.43. The standard InChI is InChI=1S/C31H44N4O9/c1-31(19-44-31)28(39)22(14-20-6-4-3-5-7-20)33-29(40)23(15-21-8-9-26(42-2)25(37)16-21)34-30(41)24(18-36)32-27(38)17-35-10-12-43-13-11-35/h6,8-9,16,22-24,36-37H,3-5,7,10-15,17-19H2,1-2H3,(H,32,38)(H,33,40)(H,34,41)/t22-,23-,24-,31-/m0/s1. The Morgan fingerprint density at radius 3 is 2.34 bits per heavy atom. The van der Waals surface area contributed by atoms with E-state index in [0.717, 1.165) is 31.3 Å². The number of aromatic hydroxyl groups is 1. The molecule has 242 valence electrons. The molecule has 44 heavy (non-hydrogen) atoms. The third kappa shape index (κ3) is 9.24. The molecule has 2 saturated heterocycles. The maximum Gasteiger partial charge on any atom is 0.245 e. The van der Waals surface area contributed by atoms with E-state index >= 15 is 0 Å². The number of epoxide rings is 1. The van der Waals surface area contributed by atoms with Crippen LogP contribution in [0, 0.1) is 0 Å². The number of amides is 3. The molecule has 0 radical (unpaired) electrons. The number of carbonyl (C=O) groups excluding carboxylic acids is 4. The van der Waals surface area contributed by atoms with Crippen LogP contribution in [0.2, 0.25) is 0 Å². The Balaban J connectivity index is 1.50. The van der Waals surface area contributed by atoms with Gasteiger partial charge in [0.1, 0.15) is 17.7 Å². The highest BCUT2D eigenvalue weighted by Crippen LogP contribution is 2.31. The molecule has 3 aliphatic rings. The molecule has 3 amide bonds. The minimum atomic E-state index is -1.31. The van der Waals surface area contributed by atoms with E-state index in [0.29, 0.717) is 38.3 Å². The lowest BCUT2D eigenvalue weighted by Gasteiger charge is -2.28. The molecule has 2 heterocycles. The second kappa shape index (κ2) is 15.5. The van der Waals surface area contributed by atoms with Crippen molar-refractivity contribution in [2.24, 2.45) is 0 Å². The van der Waals surface area contributed by atoms with Crippen LogP contribution in [0.1, 0.15) is 44.6 Å². The maximum atomic E-state index is 13.8. The highest BCUT2D eigenvalue weighted by Gasteiger charge is 2.50. The number of aliphatic hydroxyl groups excluding tert-OH is 1. The van der Waals surface area contributed by atoms with E-state index in [9.17, 15) is 29.4 Å². The predicted octanol–water partition coefficient (Wildman–Crippen LogP) is -0.0293. The maximum absolute atomic E-state index is 13.8. The lowest BCUT2D eigenvalue weighted by atomic mass is 9.89. The lowest BCUT2D eigenvalue weighted by Crippen LogP contribution is -2.58. The van der Waals surface area contributed by atoms with Gasteiger partial charge in [-0.15, -0.1) is 0 Å². The summed E-state index contributed by atoms with van der Waals surface area (Å²) in [7, 11) is 1.41. The number of Topliss-reactive ketones (excluding diaryl/α,β-unsaturated/α-hetero) is 1. The van der Waals surface area contributed by atoms with E-state index in [4.69, 9.17) is 14.2 Å². The van der Waals surface area contributed by atoms with Crippen LogP contribution < -0.4 is 20.7 Å². The molecule has 2 aliphatic heterocycles. The number of ketones is 1. The normalized spacial score (nSPS) is 22.1. The third-order valence-electron chi connectivity index (χ3n) is 8.20. The summed E-state index contributed by atoms with van der Waals surface area (Å²) < 4.78 is 15.8. The molecule has 13 nitrogen and oxygen atoms in total. The molecule has 1 aliphatic carbocycles. The first kappa shape index (κ1) is 33.4. The predicted molar refractivity (Wildman–Crippen MR) is 159 cm³/mol. The van der Waals surface area contributed by atoms with Crippen LogP contribution in [-0.2, 0) is 35.1 Å². The topological polar surface area (TPSA) is 179 Å². The van der Waals surface area contributed by atoms with Crippen molar-refractivity contribution in [3.8, 4) is 11.5 Å². The molecule has 0 spiro atoms. The monoisotopic (exact) mass is 616 g/mol. The van der Waals surface area contributed by atoms with Crippen LogP contribution in [0.25, 0.3) is 0 Å². The van der Waals surface area contributed by atoms with Gasteiger partial charge in [0, 0.05) is 19.5 Å². The second-order valence-corrected chi connectivity index (χ2v) is 11.7. The number of hydrogen-bond acceptors (Lipinski definition) is 10. The van der Waals surface area contributed by atoms with Crippen molar-refractivity contribution in [1.29, 1.82) is 0 Å². The van der Waals surface area contributed by atoms with Gasteiger partial charge in [0.05, 0.1) is 46.1 Å². The average Bonchev–Trinajstić information content (AvgIpc) is 3.78. The molecule has 0 aromatic heterocycles. The zero-order chi connectivity index (χ0) is 31.7. The second-order valence-electron chi connectivity index (χ2n) is 11.7. The van der Waals surface area contributed by atoms with Crippen molar-refractivity contribution in [2.75, 3.05) is 53.2 Å². The molecule has 2 fully saturated rings. The van der Waals surface area contributed by atoms with Crippen LogP contribution in [0.3, 0.4) is 0 Å². The number of benzene rings is 1. The Kier molecular flexibility index (Phi) is 11.7. The molecule has 4 atom stereocenters. The lowest BCUT2D eigenvalue weighted by molar-refractivity contribution is -0.135. The summed E-state index contributed by atoms with van der Waals surface area (Å²) >= 11 is 0. The Morgan fingerprint density at radius 2 is 1.73 bits per heavy atom. The number of methoxy groups -OCH3 is 1. The van der Waals surface area contributed by atoms with Gasteiger partial charge < -0.3 is 40.4 Å². The van der Waals surface area contributed by atoms with Gasteiger partial charge in [-0.2, -0.15) is 0 Å². The van der Waals surface area contributed by atoms with Crippen LogP contribution in [-0.4, -0.2) is 116 Å². The Hall–Kier alpha value is -3.52. The van der Waals surface area contributed by atoms with Crippen LogP contribution in [0.5, 0.6) is 11.5 Å². The van der Waals surface area contributed by atoms with Gasteiger partial charge in [0.25, 0.3) is 0 Å². The van der Waals surface area contributed by atoms with Crippen LogP contribution in [0.15, 0.2) is 29.8 Å². The first-order chi connectivity index (χ1) is 21.1. The molecule has 1 aromatic carbocycles. The molecule has 4 rings (SSSR count). The fourth-order valence-corrected chi connectivity index (χ4v) is 5.43. The van der Waals surface area contributed by atoms with Gasteiger partial charge in [0.2, 0.25) is 17.7 Å². The number of aliphatic hydroxyl groups is 1. The average molecular weight is 617 g/mol. The van der Waals surface area contributed by atoms with Crippen molar-refractivity contribution in [3.05, 3.63) is 35.4 Å². The summed E-state index contributed by atoms with van der Waals surface area (Å²) in [6.45, 7) is 3.44. The zero-order valence-electron chi connectivity index (χ0n) is 25.4. The van der Waals surface area contributed by atoms with Crippen molar-refractivity contribution in [2.45, 2.75) is 69.2 Å². The molecule has 0 unspecified atom stereocenters. The number of nitrogens with zero attached hydrogens (tertiary/aromatic N) is 1. The van der Waals surface area contributed by atoms with E-state index in [1.165, 1.54) is 19.2 Å². The van der Waals surface area contributed by atoms with Crippen molar-refractivity contribution in [3.63, 3.8) is 0 Å². The Morgan fingerprint density at radius 1 is 1.02 bits per heavy atom. The summed E-state index contributed by atoms with van der Waals surface area (Å²) in [6, 6.07) is 1.22. The molecule has 0 bridgehead atoms. The summed E-state index contributed by atoms with van der Waals surface area (Å²) in [5, 5.41) is 28.3. The quantitative estimate of drug-likeness (QED) is 0.133. The number of phenolic OH excluding ortho intramolecular Hbond substituents is 1. The number of morpholine rings is 1. The largest absolute Gasteiger partial charge is 0.504 e. The summed E-state index contributed by atoms with van der Waals surface area (Å²) in [6.07, 6.45) is 6.23. The summed E-state index contributed by atoms with van der Waals surface area (Å²) in [4.78, 5) is 55.0. The first-order valence-electron chi connectivity index (χ1n) is 15.1. The van der Waals surface area contributed by atoms with E-state index in [1.54, 1.807) is 13.0 Å². The fraction of sp³-hybridized carbons (Fsp3) is 0.613. The molecule has 13 heteroatoms. The summed E-state index contributed by atoms with van der Waals surface area (Å²) in [5.74, 6) is -1.99. The van der Waals surface area contributed by atoms with Crippen molar-refractivity contribution < 1.29 is 43.6 Å². The third-order valence-corrected chi connectivity index (χ3v) is 8.20. The Labute approximate surface area is 257 Å². The van der Waals surface area contributed by atoms with Gasteiger partial charge in [-0.1, -0.05) is 17.7 Å². The highest BCUT2D eigenvalue weighted by atomic mass is 16.6. The molecule has 0 saturated carbocycles.